The van der Waals surface area contributed by atoms with Crippen LogP contribution in [0.15, 0.2) is 24.4 Å². The third kappa shape index (κ3) is 1.67. The Labute approximate surface area is 91.1 Å². The van der Waals surface area contributed by atoms with Crippen LogP contribution in [0.1, 0.15) is 10.4 Å². The molecule has 2 aromatic rings. The number of aromatic amines is 1. The molecule has 0 spiro atoms. The second-order valence-electron chi connectivity index (χ2n) is 3.17. The summed E-state index contributed by atoms with van der Waals surface area (Å²) in [6.07, 6.45) is 2.10. The Bertz CT molecular complexity index is 522. The average molecular weight is 220 g/mol. The summed E-state index contributed by atoms with van der Waals surface area (Å²) in [4.78, 5) is 10.7. The Morgan fingerprint density at radius 2 is 2.31 bits per heavy atom. The molecule has 2 rings (SSSR count). The van der Waals surface area contributed by atoms with Gasteiger partial charge in [-0.25, -0.2) is 4.39 Å². The summed E-state index contributed by atoms with van der Waals surface area (Å²) in [6, 6.07) is 4.35. The number of aldehydes is 1. The number of ether oxygens (including phenoxy) is 1. The second kappa shape index (κ2) is 4.14. The first-order valence-corrected chi connectivity index (χ1v) is 4.58. The number of halogens is 1. The van der Waals surface area contributed by atoms with Gasteiger partial charge in [0.25, 0.3) is 0 Å². The van der Waals surface area contributed by atoms with Crippen LogP contribution in [0, 0.1) is 5.82 Å². The molecule has 16 heavy (non-hydrogen) atoms. The molecule has 1 aromatic heterocycles. The van der Waals surface area contributed by atoms with Gasteiger partial charge >= 0.3 is 0 Å². The Hall–Kier alpha value is -2.17. The number of carbonyl (C=O) groups is 1. The van der Waals surface area contributed by atoms with Crippen molar-refractivity contribution in [3.63, 3.8) is 0 Å². The van der Waals surface area contributed by atoms with E-state index < -0.39 is 5.82 Å². The van der Waals surface area contributed by atoms with Crippen LogP contribution in [0.25, 0.3) is 11.3 Å². The molecule has 0 saturated carbocycles. The van der Waals surface area contributed by atoms with Crippen molar-refractivity contribution < 1.29 is 13.9 Å². The molecule has 0 aliphatic rings. The number of hydrogen-bond acceptors (Lipinski definition) is 3. The van der Waals surface area contributed by atoms with Crippen LogP contribution in [-0.2, 0) is 0 Å². The van der Waals surface area contributed by atoms with Crippen LogP contribution in [0.3, 0.4) is 0 Å². The number of rotatable bonds is 3. The van der Waals surface area contributed by atoms with Crippen molar-refractivity contribution in [2.75, 3.05) is 7.11 Å². The summed E-state index contributed by atoms with van der Waals surface area (Å²) in [6.45, 7) is 0. The first kappa shape index (κ1) is 10.4. The lowest BCUT2D eigenvalue weighted by Gasteiger charge is -2.04. The molecule has 1 heterocycles. The van der Waals surface area contributed by atoms with Crippen molar-refractivity contribution in [3.8, 4) is 17.0 Å². The molecular formula is C11H9FN2O2. The third-order valence-corrected chi connectivity index (χ3v) is 2.24. The standard InChI is InChI=1S/C11H9FN2O2/c1-16-10-4-7(2-3-9(10)12)11-8(6-15)5-13-14-11/h2-6H,1H3,(H,13,14). The van der Waals surface area contributed by atoms with Gasteiger partial charge < -0.3 is 4.74 Å². The summed E-state index contributed by atoms with van der Waals surface area (Å²) in [5.74, 6) is -0.317. The fourth-order valence-electron chi connectivity index (χ4n) is 1.43. The molecule has 1 N–H and O–H groups in total. The molecule has 0 bridgehead atoms. The Morgan fingerprint density at radius 3 is 3.00 bits per heavy atom. The van der Waals surface area contributed by atoms with E-state index in [1.807, 2.05) is 0 Å². The van der Waals surface area contributed by atoms with Gasteiger partial charge in [-0.15, -0.1) is 0 Å². The van der Waals surface area contributed by atoms with E-state index in [0.29, 0.717) is 23.1 Å². The fourth-order valence-corrected chi connectivity index (χ4v) is 1.43. The third-order valence-electron chi connectivity index (χ3n) is 2.24. The number of nitrogens with zero attached hydrogens (tertiary/aromatic N) is 1. The number of aromatic nitrogens is 2. The minimum absolute atomic E-state index is 0.129. The van der Waals surface area contributed by atoms with E-state index in [4.69, 9.17) is 4.74 Å². The van der Waals surface area contributed by atoms with Crippen molar-refractivity contribution in [2.45, 2.75) is 0 Å². The lowest BCUT2D eigenvalue weighted by atomic mass is 10.1. The fraction of sp³-hybridized carbons (Fsp3) is 0.0909. The number of nitrogens with one attached hydrogen (secondary N) is 1. The molecular weight excluding hydrogens is 211 g/mol. The van der Waals surface area contributed by atoms with Crippen LogP contribution < -0.4 is 4.74 Å². The van der Waals surface area contributed by atoms with Crippen LogP contribution in [0.4, 0.5) is 4.39 Å². The SMILES string of the molecule is COc1cc(-c2[nH]ncc2C=O)ccc1F. The Kier molecular flexibility index (Phi) is 2.68. The molecule has 1 aromatic carbocycles. The minimum Gasteiger partial charge on any atom is -0.494 e. The molecule has 0 amide bonds. The first-order valence-electron chi connectivity index (χ1n) is 4.58. The smallest absolute Gasteiger partial charge is 0.165 e. The summed E-state index contributed by atoms with van der Waals surface area (Å²) in [7, 11) is 1.38. The van der Waals surface area contributed by atoms with E-state index in [0.717, 1.165) is 0 Å². The lowest BCUT2D eigenvalue weighted by molar-refractivity contribution is 0.112. The maximum absolute atomic E-state index is 13.2. The summed E-state index contributed by atoms with van der Waals surface area (Å²) >= 11 is 0. The van der Waals surface area contributed by atoms with Gasteiger partial charge in [0.15, 0.2) is 17.9 Å². The van der Waals surface area contributed by atoms with E-state index >= 15 is 0 Å². The van der Waals surface area contributed by atoms with E-state index in [1.165, 1.54) is 25.4 Å². The van der Waals surface area contributed by atoms with Crippen molar-refractivity contribution in [1.82, 2.24) is 10.2 Å². The molecule has 0 aliphatic carbocycles. The Balaban J connectivity index is 2.52. The molecule has 0 aliphatic heterocycles. The normalized spacial score (nSPS) is 10.1. The molecule has 0 saturated heterocycles. The van der Waals surface area contributed by atoms with Crippen LogP contribution >= 0.6 is 0 Å². The number of benzene rings is 1. The number of carbonyl (C=O) groups excluding carboxylic acids is 1. The van der Waals surface area contributed by atoms with E-state index in [9.17, 15) is 9.18 Å². The molecule has 0 fully saturated rings. The van der Waals surface area contributed by atoms with Gasteiger partial charge in [-0.3, -0.25) is 9.89 Å². The zero-order valence-electron chi connectivity index (χ0n) is 8.53. The van der Waals surface area contributed by atoms with Gasteiger partial charge in [-0.2, -0.15) is 5.10 Å². The average Bonchev–Trinajstić information content (AvgIpc) is 2.78. The first-order chi connectivity index (χ1) is 7.76. The predicted octanol–water partition coefficient (Wildman–Crippen LogP) is 2.04. The summed E-state index contributed by atoms with van der Waals surface area (Å²) in [5.41, 5.74) is 1.62. The van der Waals surface area contributed by atoms with Crippen LogP contribution in [0.2, 0.25) is 0 Å². The topological polar surface area (TPSA) is 55.0 Å². The molecule has 0 radical (unpaired) electrons. The molecule has 0 atom stereocenters. The van der Waals surface area contributed by atoms with E-state index in [-0.39, 0.29) is 5.75 Å². The minimum atomic E-state index is -0.446. The second-order valence-corrected chi connectivity index (χ2v) is 3.17. The van der Waals surface area contributed by atoms with Gasteiger partial charge in [-0.05, 0) is 18.2 Å². The van der Waals surface area contributed by atoms with E-state index in [2.05, 4.69) is 10.2 Å². The highest BCUT2D eigenvalue weighted by atomic mass is 19.1. The highest BCUT2D eigenvalue weighted by Gasteiger charge is 2.10. The number of methoxy groups -OCH3 is 1. The quantitative estimate of drug-likeness (QED) is 0.805. The highest BCUT2D eigenvalue weighted by molar-refractivity contribution is 5.85. The molecule has 0 unspecified atom stereocenters. The lowest BCUT2D eigenvalue weighted by Crippen LogP contribution is -1.90. The highest BCUT2D eigenvalue weighted by Crippen LogP contribution is 2.26. The number of hydrogen-bond donors (Lipinski definition) is 1. The molecule has 5 heteroatoms. The Morgan fingerprint density at radius 1 is 1.50 bits per heavy atom. The predicted molar refractivity (Wildman–Crippen MR) is 55.9 cm³/mol. The summed E-state index contributed by atoms with van der Waals surface area (Å²) < 4.78 is 18.0. The van der Waals surface area contributed by atoms with Crippen LogP contribution in [0.5, 0.6) is 5.75 Å². The van der Waals surface area contributed by atoms with Gasteiger partial charge in [0.1, 0.15) is 0 Å². The monoisotopic (exact) mass is 220 g/mol. The maximum atomic E-state index is 13.2. The van der Waals surface area contributed by atoms with Crippen molar-refractivity contribution in [2.24, 2.45) is 0 Å². The van der Waals surface area contributed by atoms with Gasteiger partial charge in [-0.1, -0.05) is 0 Å². The zero-order chi connectivity index (χ0) is 11.5. The molecule has 82 valence electrons. The van der Waals surface area contributed by atoms with E-state index in [1.54, 1.807) is 6.07 Å². The van der Waals surface area contributed by atoms with Gasteiger partial charge in [0.05, 0.1) is 24.6 Å². The maximum Gasteiger partial charge on any atom is 0.165 e. The van der Waals surface area contributed by atoms with Crippen LogP contribution in [-0.4, -0.2) is 23.6 Å². The summed E-state index contributed by atoms with van der Waals surface area (Å²) in [5, 5.41) is 6.44. The van der Waals surface area contributed by atoms with Gasteiger partial charge in [0, 0.05) is 5.56 Å². The largest absolute Gasteiger partial charge is 0.494 e. The van der Waals surface area contributed by atoms with Gasteiger partial charge in [0.2, 0.25) is 0 Å². The zero-order valence-corrected chi connectivity index (χ0v) is 8.53. The van der Waals surface area contributed by atoms with Crippen molar-refractivity contribution in [3.05, 3.63) is 35.8 Å². The van der Waals surface area contributed by atoms with Crippen molar-refractivity contribution >= 4 is 6.29 Å². The number of H-pyrrole nitrogens is 1. The van der Waals surface area contributed by atoms with Crippen molar-refractivity contribution in [1.29, 1.82) is 0 Å². The molecule has 4 nitrogen and oxygen atoms in total.